The van der Waals surface area contributed by atoms with Crippen molar-refractivity contribution in [3.05, 3.63) is 75.5 Å². The number of benzene rings is 2. The zero-order chi connectivity index (χ0) is 21.8. The number of hydrogen-bond donors (Lipinski definition) is 2. The zero-order valence-corrected chi connectivity index (χ0v) is 18.8. The molecule has 3 rings (SSSR count). The Labute approximate surface area is 183 Å². The van der Waals surface area contributed by atoms with Crippen LogP contribution in [-0.2, 0) is 4.79 Å². The van der Waals surface area contributed by atoms with Gasteiger partial charge in [0.2, 0.25) is 0 Å². The van der Waals surface area contributed by atoms with E-state index >= 15 is 0 Å². The molecule has 1 aromatic heterocycles. The fourth-order valence-electron chi connectivity index (χ4n) is 2.86. The van der Waals surface area contributed by atoms with E-state index in [1.807, 2.05) is 56.3 Å². The Balaban J connectivity index is 1.62. The molecule has 0 aliphatic heterocycles. The molecular weight excluding hydrogens is 448 g/mol. The molecule has 3 aromatic rings. The highest BCUT2D eigenvalue weighted by Crippen LogP contribution is 2.22. The summed E-state index contributed by atoms with van der Waals surface area (Å²) in [7, 11) is 0. The summed E-state index contributed by atoms with van der Waals surface area (Å²) in [5.74, 6) is -0.277. The molecule has 0 saturated carbocycles. The molecule has 7 nitrogen and oxygen atoms in total. The third-order valence-corrected chi connectivity index (χ3v) is 5.38. The molecule has 0 fully saturated rings. The van der Waals surface area contributed by atoms with Crippen LogP contribution in [0.2, 0.25) is 0 Å². The monoisotopic (exact) mass is 470 g/mol. The van der Waals surface area contributed by atoms with Crippen molar-refractivity contribution in [1.29, 1.82) is 0 Å². The first-order valence-electron chi connectivity index (χ1n) is 9.41. The Morgan fingerprint density at radius 2 is 1.77 bits per heavy atom. The minimum Gasteiger partial charge on any atom is -0.481 e. The van der Waals surface area contributed by atoms with E-state index in [0.717, 1.165) is 21.3 Å². The molecule has 0 saturated heterocycles. The maximum Gasteiger partial charge on any atom is 0.279 e. The molecule has 8 heteroatoms. The second-order valence-electron chi connectivity index (χ2n) is 6.93. The lowest BCUT2D eigenvalue weighted by molar-refractivity contribution is -0.128. The van der Waals surface area contributed by atoms with Gasteiger partial charge in [-0.1, -0.05) is 28.1 Å². The van der Waals surface area contributed by atoms with Crippen LogP contribution in [0.3, 0.4) is 0 Å². The summed E-state index contributed by atoms with van der Waals surface area (Å²) in [5.41, 5.74) is 8.73. The Morgan fingerprint density at radius 1 is 1.07 bits per heavy atom. The third kappa shape index (κ3) is 4.71. The maximum absolute atomic E-state index is 12.5. The lowest BCUT2D eigenvalue weighted by Gasteiger charge is -2.17. The molecule has 1 unspecified atom stereocenters. The fraction of sp³-hybridized carbons (Fsp3) is 0.227. The van der Waals surface area contributed by atoms with Crippen molar-refractivity contribution in [1.82, 2.24) is 20.6 Å². The van der Waals surface area contributed by atoms with Gasteiger partial charge in [0, 0.05) is 4.47 Å². The lowest BCUT2D eigenvalue weighted by Crippen LogP contribution is -2.47. The number of hydrogen-bond acceptors (Lipinski definition) is 4. The first kappa shape index (κ1) is 21.6. The minimum atomic E-state index is -0.780. The Morgan fingerprint density at radius 3 is 2.47 bits per heavy atom. The van der Waals surface area contributed by atoms with E-state index in [0.29, 0.717) is 17.0 Å². The van der Waals surface area contributed by atoms with Crippen LogP contribution >= 0.6 is 15.9 Å². The summed E-state index contributed by atoms with van der Waals surface area (Å²) in [4.78, 5) is 24.9. The summed E-state index contributed by atoms with van der Waals surface area (Å²) >= 11 is 3.39. The van der Waals surface area contributed by atoms with Crippen LogP contribution in [0, 0.1) is 20.8 Å². The molecule has 0 spiro atoms. The first-order chi connectivity index (χ1) is 14.3. The summed E-state index contributed by atoms with van der Waals surface area (Å²) in [6, 6.07) is 13.2. The SMILES string of the molecule is Cc1cccc(OC(C)C(=O)NNC(=O)c2cnn(-c3ccc(Br)cc3)c2C)c1C. The predicted molar refractivity (Wildman–Crippen MR) is 118 cm³/mol. The van der Waals surface area contributed by atoms with E-state index in [1.165, 1.54) is 6.20 Å². The molecular formula is C22H23BrN4O3. The standard InChI is InChI=1S/C22H23BrN4O3/c1-13-6-5-7-20(14(13)2)30-16(4)21(28)25-26-22(29)19-12-24-27(15(19)3)18-10-8-17(23)9-11-18/h5-12,16H,1-4H3,(H,25,28)(H,26,29). The van der Waals surface area contributed by atoms with Gasteiger partial charge in [-0.25, -0.2) is 4.68 Å². The smallest absolute Gasteiger partial charge is 0.279 e. The predicted octanol–water partition coefficient (Wildman–Crippen LogP) is 3.79. The number of aryl methyl sites for hydroxylation is 1. The van der Waals surface area contributed by atoms with E-state index in [-0.39, 0.29) is 0 Å². The quantitative estimate of drug-likeness (QED) is 0.555. The van der Waals surface area contributed by atoms with Gasteiger partial charge in [-0.2, -0.15) is 5.10 Å². The summed E-state index contributed by atoms with van der Waals surface area (Å²) < 4.78 is 8.35. The molecule has 0 aliphatic carbocycles. The van der Waals surface area contributed by atoms with Gasteiger partial charge in [-0.05, 0) is 69.2 Å². The molecule has 0 radical (unpaired) electrons. The van der Waals surface area contributed by atoms with Gasteiger partial charge in [0.25, 0.3) is 11.8 Å². The lowest BCUT2D eigenvalue weighted by atomic mass is 10.1. The van der Waals surface area contributed by atoms with Gasteiger partial charge in [-0.3, -0.25) is 20.4 Å². The van der Waals surface area contributed by atoms with Crippen molar-refractivity contribution in [3.63, 3.8) is 0 Å². The molecule has 0 bridgehead atoms. The van der Waals surface area contributed by atoms with Crippen LogP contribution in [0.4, 0.5) is 0 Å². The summed E-state index contributed by atoms with van der Waals surface area (Å²) in [6.07, 6.45) is 0.687. The molecule has 30 heavy (non-hydrogen) atoms. The topological polar surface area (TPSA) is 85.2 Å². The molecule has 156 valence electrons. The number of aromatic nitrogens is 2. The van der Waals surface area contributed by atoms with E-state index in [4.69, 9.17) is 4.74 Å². The van der Waals surface area contributed by atoms with Gasteiger partial charge in [0.05, 0.1) is 23.1 Å². The number of carbonyl (C=O) groups is 2. The zero-order valence-electron chi connectivity index (χ0n) is 17.2. The molecule has 2 amide bonds. The Bertz CT molecular complexity index is 1080. The van der Waals surface area contributed by atoms with Gasteiger partial charge in [-0.15, -0.1) is 0 Å². The van der Waals surface area contributed by atoms with Crippen molar-refractivity contribution in [3.8, 4) is 11.4 Å². The van der Waals surface area contributed by atoms with Gasteiger partial charge in [0.15, 0.2) is 6.10 Å². The van der Waals surface area contributed by atoms with Crippen LogP contribution in [0.5, 0.6) is 5.75 Å². The molecule has 2 aromatic carbocycles. The maximum atomic E-state index is 12.5. The number of nitrogens with zero attached hydrogens (tertiary/aromatic N) is 2. The van der Waals surface area contributed by atoms with E-state index < -0.39 is 17.9 Å². The molecule has 0 aliphatic rings. The summed E-state index contributed by atoms with van der Waals surface area (Å²) in [6.45, 7) is 7.32. The average Bonchev–Trinajstić information content (AvgIpc) is 3.11. The van der Waals surface area contributed by atoms with Crippen molar-refractivity contribution >= 4 is 27.7 Å². The number of halogens is 1. The van der Waals surface area contributed by atoms with Crippen molar-refractivity contribution < 1.29 is 14.3 Å². The normalized spacial score (nSPS) is 11.6. The first-order valence-corrected chi connectivity index (χ1v) is 10.2. The van der Waals surface area contributed by atoms with Crippen molar-refractivity contribution in [2.75, 3.05) is 0 Å². The van der Waals surface area contributed by atoms with Crippen molar-refractivity contribution in [2.45, 2.75) is 33.8 Å². The van der Waals surface area contributed by atoms with Gasteiger partial charge in [0.1, 0.15) is 5.75 Å². The highest BCUT2D eigenvalue weighted by atomic mass is 79.9. The van der Waals surface area contributed by atoms with E-state index in [9.17, 15) is 9.59 Å². The number of hydrazine groups is 1. The van der Waals surface area contributed by atoms with Crippen molar-refractivity contribution in [2.24, 2.45) is 0 Å². The average molecular weight is 471 g/mol. The molecule has 2 N–H and O–H groups in total. The Hall–Kier alpha value is -3.13. The summed E-state index contributed by atoms with van der Waals surface area (Å²) in [5, 5.41) is 4.28. The van der Waals surface area contributed by atoms with Crippen LogP contribution in [-0.4, -0.2) is 27.7 Å². The number of carbonyl (C=O) groups excluding carboxylic acids is 2. The van der Waals surface area contributed by atoms with E-state index in [2.05, 4.69) is 31.9 Å². The molecule has 1 atom stereocenters. The van der Waals surface area contributed by atoms with Gasteiger partial charge >= 0.3 is 0 Å². The second-order valence-corrected chi connectivity index (χ2v) is 7.85. The number of nitrogens with one attached hydrogen (secondary N) is 2. The molecule has 1 heterocycles. The van der Waals surface area contributed by atoms with Crippen LogP contribution < -0.4 is 15.6 Å². The second kappa shape index (κ2) is 9.13. The largest absolute Gasteiger partial charge is 0.481 e. The number of amides is 2. The highest BCUT2D eigenvalue weighted by Gasteiger charge is 2.19. The number of ether oxygens (including phenoxy) is 1. The fourth-order valence-corrected chi connectivity index (χ4v) is 3.12. The Kier molecular flexibility index (Phi) is 6.56. The minimum absolute atomic E-state index is 0.362. The third-order valence-electron chi connectivity index (χ3n) is 4.85. The van der Waals surface area contributed by atoms with Gasteiger partial charge < -0.3 is 4.74 Å². The van der Waals surface area contributed by atoms with Crippen LogP contribution in [0.25, 0.3) is 5.69 Å². The number of rotatable bonds is 5. The van der Waals surface area contributed by atoms with E-state index in [1.54, 1.807) is 18.5 Å². The highest BCUT2D eigenvalue weighted by molar-refractivity contribution is 9.10. The van der Waals surface area contributed by atoms with Crippen LogP contribution in [0.1, 0.15) is 34.1 Å². The van der Waals surface area contributed by atoms with Crippen LogP contribution in [0.15, 0.2) is 53.1 Å².